The van der Waals surface area contributed by atoms with Gasteiger partial charge in [0.1, 0.15) is 18.0 Å². The molecule has 0 aliphatic rings. The molecule has 0 aliphatic heterocycles. The largest absolute Gasteiger partial charge is 0.394 e. The smallest absolute Gasteiger partial charge is 0.123 e. The van der Waals surface area contributed by atoms with Gasteiger partial charge in [0, 0.05) is 22.7 Å². The molecule has 2 unspecified atom stereocenters. The Morgan fingerprint density at radius 1 is 1.31 bits per heavy atom. The molecule has 4 nitrogen and oxygen atoms in total. The average molecular weight is 225 g/mol. The molecule has 0 spiro atoms. The third-order valence-corrected chi connectivity index (χ3v) is 2.55. The summed E-state index contributed by atoms with van der Waals surface area (Å²) >= 11 is 0. The summed E-state index contributed by atoms with van der Waals surface area (Å²) in [6.07, 6.45) is -1.02. The Morgan fingerprint density at radius 3 is 2.75 bits per heavy atom. The molecule has 4 N–H and O–H groups in total. The lowest BCUT2D eigenvalue weighted by molar-refractivity contribution is -0.0145. The second-order valence-corrected chi connectivity index (χ2v) is 3.63. The van der Waals surface area contributed by atoms with E-state index in [0.717, 1.165) is 0 Å². The van der Waals surface area contributed by atoms with Gasteiger partial charge in [0.2, 0.25) is 0 Å². The molecule has 86 valence electrons. The lowest BCUT2D eigenvalue weighted by atomic mass is 10.0. The van der Waals surface area contributed by atoms with Crippen LogP contribution in [0.2, 0.25) is 0 Å². The molecule has 1 aromatic heterocycles. The molecule has 0 saturated carbocycles. The first-order valence-corrected chi connectivity index (χ1v) is 4.87. The van der Waals surface area contributed by atoms with Crippen molar-refractivity contribution in [3.05, 3.63) is 35.8 Å². The normalized spacial score (nSPS) is 15.2. The molecule has 0 amide bonds. The van der Waals surface area contributed by atoms with Crippen molar-refractivity contribution in [3.8, 4) is 0 Å². The van der Waals surface area contributed by atoms with Crippen LogP contribution < -0.4 is 0 Å². The van der Waals surface area contributed by atoms with Gasteiger partial charge in [0.15, 0.2) is 0 Å². The van der Waals surface area contributed by atoms with Crippen molar-refractivity contribution in [3.63, 3.8) is 0 Å². The van der Waals surface area contributed by atoms with Crippen molar-refractivity contribution in [1.29, 1.82) is 0 Å². The zero-order valence-corrected chi connectivity index (χ0v) is 8.39. The van der Waals surface area contributed by atoms with E-state index in [-0.39, 0.29) is 0 Å². The maximum atomic E-state index is 13.0. The molecule has 2 atom stereocenters. The van der Waals surface area contributed by atoms with E-state index >= 15 is 0 Å². The standard InChI is InChI=1S/C11H12FNO3/c12-6-1-2-9-7(3-6)8(4-13-9)11(16)10(15)5-14/h1-4,10-11,13-16H,5H2. The lowest BCUT2D eigenvalue weighted by Crippen LogP contribution is -2.21. The van der Waals surface area contributed by atoms with Gasteiger partial charge in [-0.1, -0.05) is 0 Å². The number of halogens is 1. The summed E-state index contributed by atoms with van der Waals surface area (Å²) in [6, 6.07) is 4.12. The highest BCUT2D eigenvalue weighted by molar-refractivity contribution is 5.83. The predicted octanol–water partition coefficient (Wildman–Crippen LogP) is 0.694. The molecular weight excluding hydrogens is 213 g/mol. The van der Waals surface area contributed by atoms with Gasteiger partial charge < -0.3 is 20.3 Å². The van der Waals surface area contributed by atoms with E-state index in [1.165, 1.54) is 18.3 Å². The summed E-state index contributed by atoms with van der Waals surface area (Å²) in [4.78, 5) is 2.86. The SMILES string of the molecule is OCC(O)C(O)c1c[nH]c2ccc(F)cc12. The monoisotopic (exact) mass is 225 g/mol. The second-order valence-electron chi connectivity index (χ2n) is 3.63. The summed E-state index contributed by atoms with van der Waals surface area (Å²) in [6.45, 7) is -0.552. The number of hydrogen-bond donors (Lipinski definition) is 4. The van der Waals surface area contributed by atoms with Crippen LogP contribution in [0.5, 0.6) is 0 Å². The average Bonchev–Trinajstić information content (AvgIpc) is 2.69. The number of nitrogens with one attached hydrogen (secondary N) is 1. The Labute approximate surface area is 91.0 Å². The van der Waals surface area contributed by atoms with Gasteiger partial charge in [0.25, 0.3) is 0 Å². The molecule has 2 rings (SSSR count). The van der Waals surface area contributed by atoms with E-state index in [4.69, 9.17) is 5.11 Å². The number of hydrogen-bond acceptors (Lipinski definition) is 3. The number of fused-ring (bicyclic) bond motifs is 1. The van der Waals surface area contributed by atoms with Crippen LogP contribution in [0.3, 0.4) is 0 Å². The number of rotatable bonds is 3. The number of aromatic nitrogens is 1. The van der Waals surface area contributed by atoms with E-state index in [2.05, 4.69) is 4.98 Å². The third kappa shape index (κ3) is 1.80. The zero-order valence-electron chi connectivity index (χ0n) is 8.39. The molecule has 0 fully saturated rings. The molecule has 2 aromatic rings. The van der Waals surface area contributed by atoms with Crippen LogP contribution in [0.1, 0.15) is 11.7 Å². The fourth-order valence-corrected chi connectivity index (χ4v) is 1.67. The highest BCUT2D eigenvalue weighted by Gasteiger charge is 2.20. The first kappa shape index (κ1) is 11.1. The molecule has 1 aromatic carbocycles. The predicted molar refractivity (Wildman–Crippen MR) is 56.3 cm³/mol. The van der Waals surface area contributed by atoms with Crippen LogP contribution in [0, 0.1) is 5.82 Å². The Balaban J connectivity index is 2.48. The molecule has 5 heteroatoms. The highest BCUT2D eigenvalue weighted by atomic mass is 19.1. The van der Waals surface area contributed by atoms with Gasteiger partial charge in [-0.05, 0) is 18.2 Å². The van der Waals surface area contributed by atoms with Crippen LogP contribution in [0.4, 0.5) is 4.39 Å². The van der Waals surface area contributed by atoms with Crippen LogP contribution in [-0.2, 0) is 0 Å². The van der Waals surface area contributed by atoms with Crippen molar-refractivity contribution in [2.75, 3.05) is 6.61 Å². The molecule has 1 heterocycles. The van der Waals surface area contributed by atoms with Crippen molar-refractivity contribution in [1.82, 2.24) is 4.98 Å². The van der Waals surface area contributed by atoms with Crippen molar-refractivity contribution in [2.45, 2.75) is 12.2 Å². The van der Waals surface area contributed by atoms with E-state index < -0.39 is 24.6 Å². The summed E-state index contributed by atoms with van der Waals surface area (Å²) in [5.74, 6) is -0.418. The fraction of sp³-hybridized carbons (Fsp3) is 0.273. The molecule has 0 radical (unpaired) electrons. The molecule has 0 aliphatic carbocycles. The molecule has 0 saturated heterocycles. The number of benzene rings is 1. The number of aliphatic hydroxyl groups is 3. The van der Waals surface area contributed by atoms with Gasteiger partial charge in [-0.3, -0.25) is 0 Å². The minimum atomic E-state index is -1.28. The van der Waals surface area contributed by atoms with Gasteiger partial charge in [-0.2, -0.15) is 0 Å². The van der Waals surface area contributed by atoms with Crippen LogP contribution in [0.15, 0.2) is 24.4 Å². The molecule has 0 bridgehead atoms. The fourth-order valence-electron chi connectivity index (χ4n) is 1.67. The van der Waals surface area contributed by atoms with Gasteiger partial charge in [-0.25, -0.2) is 4.39 Å². The summed E-state index contributed by atoms with van der Waals surface area (Å²) < 4.78 is 13.0. The zero-order chi connectivity index (χ0) is 11.7. The van der Waals surface area contributed by atoms with E-state index in [9.17, 15) is 14.6 Å². The van der Waals surface area contributed by atoms with Gasteiger partial charge in [0.05, 0.1) is 6.61 Å². The Morgan fingerprint density at radius 2 is 2.06 bits per heavy atom. The van der Waals surface area contributed by atoms with Gasteiger partial charge in [-0.15, -0.1) is 0 Å². The quantitative estimate of drug-likeness (QED) is 0.621. The maximum Gasteiger partial charge on any atom is 0.123 e. The minimum absolute atomic E-state index is 0.371. The second kappa shape index (κ2) is 4.21. The topological polar surface area (TPSA) is 76.5 Å². The maximum absolute atomic E-state index is 13.0. The highest BCUT2D eigenvalue weighted by Crippen LogP contribution is 2.26. The number of aromatic amines is 1. The van der Waals surface area contributed by atoms with Crippen LogP contribution in [-0.4, -0.2) is 33.0 Å². The first-order chi connectivity index (χ1) is 7.63. The lowest BCUT2D eigenvalue weighted by Gasteiger charge is -2.14. The molecular formula is C11H12FNO3. The van der Waals surface area contributed by atoms with Crippen LogP contribution >= 0.6 is 0 Å². The van der Waals surface area contributed by atoms with Gasteiger partial charge >= 0.3 is 0 Å². The summed E-state index contributed by atoms with van der Waals surface area (Å²) in [5.41, 5.74) is 1.04. The summed E-state index contributed by atoms with van der Waals surface area (Å²) in [7, 11) is 0. The van der Waals surface area contributed by atoms with E-state index in [1.54, 1.807) is 6.07 Å². The number of H-pyrrole nitrogens is 1. The third-order valence-electron chi connectivity index (χ3n) is 2.55. The summed E-state index contributed by atoms with van der Waals surface area (Å²) in [5, 5.41) is 28.3. The van der Waals surface area contributed by atoms with Crippen molar-refractivity contribution in [2.24, 2.45) is 0 Å². The Hall–Kier alpha value is -1.43. The van der Waals surface area contributed by atoms with Crippen molar-refractivity contribution < 1.29 is 19.7 Å². The van der Waals surface area contributed by atoms with Crippen molar-refractivity contribution >= 4 is 10.9 Å². The van der Waals surface area contributed by atoms with Crippen LogP contribution in [0.25, 0.3) is 10.9 Å². The number of aliphatic hydroxyl groups excluding tert-OH is 3. The minimum Gasteiger partial charge on any atom is -0.394 e. The Bertz CT molecular complexity index is 497. The molecule has 16 heavy (non-hydrogen) atoms. The van der Waals surface area contributed by atoms with E-state index in [1.807, 2.05) is 0 Å². The Kier molecular flexibility index (Phi) is 2.91. The van der Waals surface area contributed by atoms with E-state index in [0.29, 0.717) is 16.5 Å². The first-order valence-electron chi connectivity index (χ1n) is 4.87.